The number of halogens is 1. The van der Waals surface area contributed by atoms with E-state index in [1.807, 2.05) is 20.8 Å². The number of hydrogen-bond donors (Lipinski definition) is 2. The van der Waals surface area contributed by atoms with E-state index in [-0.39, 0.29) is 23.1 Å². The molecule has 1 atom stereocenters. The summed E-state index contributed by atoms with van der Waals surface area (Å²) in [6.45, 7) is 6.96. The van der Waals surface area contributed by atoms with Crippen LogP contribution in [0, 0.1) is 11.2 Å². The Hall–Kier alpha value is -1.83. The first-order chi connectivity index (χ1) is 12.0. The lowest BCUT2D eigenvalue weighted by Crippen LogP contribution is -2.45. The molecular formula is C18H30FN3O3S. The van der Waals surface area contributed by atoms with Gasteiger partial charge in [-0.3, -0.25) is 4.99 Å². The van der Waals surface area contributed by atoms with E-state index >= 15 is 0 Å². The van der Waals surface area contributed by atoms with Gasteiger partial charge in [0, 0.05) is 25.9 Å². The monoisotopic (exact) mass is 387 g/mol. The number of sulfone groups is 1. The fraction of sp³-hybridized carbons (Fsp3) is 0.611. The summed E-state index contributed by atoms with van der Waals surface area (Å²) in [6, 6.07) is 6.02. The van der Waals surface area contributed by atoms with Crippen molar-refractivity contribution in [1.29, 1.82) is 0 Å². The van der Waals surface area contributed by atoms with Gasteiger partial charge in [0.2, 0.25) is 0 Å². The topological polar surface area (TPSA) is 79.8 Å². The van der Waals surface area contributed by atoms with Crippen LogP contribution in [0.2, 0.25) is 0 Å². The number of hydrogen-bond acceptors (Lipinski definition) is 4. The molecule has 0 fully saturated rings. The predicted molar refractivity (Wildman–Crippen MR) is 104 cm³/mol. The highest BCUT2D eigenvalue weighted by molar-refractivity contribution is 7.90. The van der Waals surface area contributed by atoms with Crippen LogP contribution in [0.3, 0.4) is 0 Å². The molecule has 148 valence electrons. The fourth-order valence-corrected chi connectivity index (χ4v) is 3.07. The van der Waals surface area contributed by atoms with E-state index in [0.717, 1.165) is 0 Å². The maximum atomic E-state index is 13.2. The first-order valence-corrected chi connectivity index (χ1v) is 10.6. The molecule has 1 aromatic rings. The molecule has 8 heteroatoms. The molecule has 0 heterocycles. The number of aliphatic imine (C=N–C) groups is 1. The summed E-state index contributed by atoms with van der Waals surface area (Å²) in [5.74, 6) is 0.902. The second kappa shape index (κ2) is 9.75. The van der Waals surface area contributed by atoms with Crippen molar-refractivity contribution in [2.24, 2.45) is 10.4 Å². The Kier molecular flexibility index (Phi) is 8.33. The van der Waals surface area contributed by atoms with Crippen LogP contribution in [0.5, 0.6) is 5.75 Å². The van der Waals surface area contributed by atoms with Gasteiger partial charge in [0.1, 0.15) is 27.5 Å². The van der Waals surface area contributed by atoms with Crippen LogP contribution in [-0.4, -0.2) is 52.6 Å². The van der Waals surface area contributed by atoms with E-state index in [2.05, 4.69) is 15.6 Å². The molecule has 2 N–H and O–H groups in total. The molecule has 1 unspecified atom stereocenters. The van der Waals surface area contributed by atoms with E-state index in [9.17, 15) is 12.8 Å². The lowest BCUT2D eigenvalue weighted by atomic mass is 9.90. The smallest absolute Gasteiger partial charge is 0.191 e. The van der Waals surface area contributed by atoms with Crippen molar-refractivity contribution in [2.45, 2.75) is 33.3 Å². The van der Waals surface area contributed by atoms with Gasteiger partial charge in [0.25, 0.3) is 0 Å². The van der Waals surface area contributed by atoms with Gasteiger partial charge in [-0.15, -0.1) is 0 Å². The molecule has 0 aromatic heterocycles. The van der Waals surface area contributed by atoms with E-state index in [1.54, 1.807) is 19.2 Å². The Bertz CT molecular complexity index is 705. The highest BCUT2D eigenvalue weighted by atomic mass is 32.2. The molecule has 26 heavy (non-hydrogen) atoms. The summed E-state index contributed by atoms with van der Waals surface area (Å²) in [5, 5.41) is 6.35. The van der Waals surface area contributed by atoms with Crippen molar-refractivity contribution in [1.82, 2.24) is 10.6 Å². The molecule has 0 radical (unpaired) electrons. The molecule has 0 aliphatic carbocycles. The molecule has 0 bridgehead atoms. The average molecular weight is 388 g/mol. The second-order valence-corrected chi connectivity index (χ2v) is 9.50. The van der Waals surface area contributed by atoms with Gasteiger partial charge in [0.15, 0.2) is 5.96 Å². The highest BCUT2D eigenvalue weighted by Gasteiger charge is 2.20. The third-order valence-electron chi connectivity index (χ3n) is 3.80. The van der Waals surface area contributed by atoms with Crippen molar-refractivity contribution in [3.63, 3.8) is 0 Å². The molecule has 0 amide bonds. The molecular weight excluding hydrogens is 357 g/mol. The zero-order valence-corrected chi connectivity index (χ0v) is 17.0. The van der Waals surface area contributed by atoms with Gasteiger partial charge in [0.05, 0.1) is 12.3 Å². The largest absolute Gasteiger partial charge is 0.489 e. The quantitative estimate of drug-likeness (QED) is 0.502. The van der Waals surface area contributed by atoms with Crippen molar-refractivity contribution in [2.75, 3.05) is 32.1 Å². The number of rotatable bonds is 9. The van der Waals surface area contributed by atoms with E-state index in [0.29, 0.717) is 31.2 Å². The van der Waals surface area contributed by atoms with Crippen molar-refractivity contribution in [3.05, 3.63) is 30.1 Å². The van der Waals surface area contributed by atoms with Crippen molar-refractivity contribution < 1.29 is 17.5 Å². The Labute approximate surface area is 156 Å². The maximum absolute atomic E-state index is 13.2. The van der Waals surface area contributed by atoms with Crippen LogP contribution in [0.25, 0.3) is 0 Å². The lowest BCUT2D eigenvalue weighted by molar-refractivity contribution is 0.222. The zero-order valence-electron chi connectivity index (χ0n) is 16.2. The third-order valence-corrected chi connectivity index (χ3v) is 4.74. The Balaban J connectivity index is 2.42. The molecule has 0 saturated heterocycles. The van der Waals surface area contributed by atoms with E-state index in [1.165, 1.54) is 18.4 Å². The van der Waals surface area contributed by atoms with Crippen LogP contribution >= 0.6 is 0 Å². The molecule has 0 spiro atoms. The lowest BCUT2D eigenvalue weighted by Gasteiger charge is -2.26. The summed E-state index contributed by atoms with van der Waals surface area (Å²) in [5.41, 5.74) is -0.190. The normalized spacial score (nSPS) is 14.0. The number of ether oxygens (including phenoxy) is 1. The Morgan fingerprint density at radius 1 is 1.35 bits per heavy atom. The van der Waals surface area contributed by atoms with Gasteiger partial charge in [-0.05, 0) is 30.9 Å². The summed E-state index contributed by atoms with van der Waals surface area (Å²) in [7, 11) is -1.31. The summed E-state index contributed by atoms with van der Waals surface area (Å²) in [6.07, 6.45) is 1.62. The van der Waals surface area contributed by atoms with Gasteiger partial charge in [-0.25, -0.2) is 12.8 Å². The Morgan fingerprint density at radius 3 is 2.62 bits per heavy atom. The van der Waals surface area contributed by atoms with Gasteiger partial charge < -0.3 is 15.4 Å². The average Bonchev–Trinajstić information content (AvgIpc) is 2.52. The minimum atomic E-state index is -2.97. The number of benzene rings is 1. The molecule has 1 aromatic carbocycles. The highest BCUT2D eigenvalue weighted by Crippen LogP contribution is 2.19. The minimum Gasteiger partial charge on any atom is -0.489 e. The van der Waals surface area contributed by atoms with Crippen molar-refractivity contribution >= 4 is 15.8 Å². The maximum Gasteiger partial charge on any atom is 0.191 e. The number of guanidine groups is 1. The SMILES string of the molecule is CN=C(NCC(C)Oc1cccc(F)c1)NCC(C)(C)CCS(C)(=O)=O. The van der Waals surface area contributed by atoms with Crippen molar-refractivity contribution in [3.8, 4) is 5.75 Å². The number of nitrogens with zero attached hydrogens (tertiary/aromatic N) is 1. The molecule has 1 rings (SSSR count). The second-order valence-electron chi connectivity index (χ2n) is 7.24. The van der Waals surface area contributed by atoms with Crippen LogP contribution in [0.1, 0.15) is 27.2 Å². The fourth-order valence-electron chi connectivity index (χ4n) is 2.15. The molecule has 0 aliphatic rings. The molecule has 6 nitrogen and oxygen atoms in total. The number of nitrogens with one attached hydrogen (secondary N) is 2. The Morgan fingerprint density at radius 2 is 2.04 bits per heavy atom. The van der Waals surface area contributed by atoms with Gasteiger partial charge >= 0.3 is 0 Å². The minimum absolute atomic E-state index is 0.159. The summed E-state index contributed by atoms with van der Waals surface area (Å²) in [4.78, 5) is 4.15. The zero-order chi connectivity index (χ0) is 19.8. The molecule has 0 saturated carbocycles. The van der Waals surface area contributed by atoms with Gasteiger partial charge in [-0.2, -0.15) is 0 Å². The van der Waals surface area contributed by atoms with Crippen LogP contribution < -0.4 is 15.4 Å². The van der Waals surface area contributed by atoms with E-state index < -0.39 is 9.84 Å². The van der Waals surface area contributed by atoms with Crippen LogP contribution in [0.15, 0.2) is 29.3 Å². The van der Waals surface area contributed by atoms with Crippen LogP contribution in [0.4, 0.5) is 4.39 Å². The first-order valence-electron chi connectivity index (χ1n) is 8.55. The first kappa shape index (κ1) is 22.2. The summed E-state index contributed by atoms with van der Waals surface area (Å²) >= 11 is 0. The van der Waals surface area contributed by atoms with Crippen LogP contribution in [-0.2, 0) is 9.84 Å². The van der Waals surface area contributed by atoms with Gasteiger partial charge in [-0.1, -0.05) is 19.9 Å². The van der Waals surface area contributed by atoms with E-state index in [4.69, 9.17) is 4.74 Å². The standard InChI is InChI=1S/C18H30FN3O3S/c1-14(25-16-8-6-7-15(19)11-16)12-21-17(20-4)22-13-18(2,3)9-10-26(5,23)24/h6-8,11,14H,9-10,12-13H2,1-5H3,(H2,20,21,22). The predicted octanol–water partition coefficient (Wildman–Crippen LogP) is 2.22. The molecule has 0 aliphatic heterocycles. The third kappa shape index (κ3) is 9.60. The summed E-state index contributed by atoms with van der Waals surface area (Å²) < 4.78 is 41.5.